The number of hydrogen-bond acceptors (Lipinski definition) is 5. The molecule has 3 rings (SSSR count). The van der Waals surface area contributed by atoms with Crippen molar-refractivity contribution in [2.45, 2.75) is 25.8 Å². The fraction of sp³-hybridized carbons (Fsp3) is 0.364. The van der Waals surface area contributed by atoms with E-state index in [-0.39, 0.29) is 23.5 Å². The summed E-state index contributed by atoms with van der Waals surface area (Å²) in [6.45, 7) is 4.04. The van der Waals surface area contributed by atoms with Gasteiger partial charge in [-0.2, -0.15) is 0 Å². The maximum Gasteiger partial charge on any atom is 0.269 e. The first-order chi connectivity index (χ1) is 14.4. The summed E-state index contributed by atoms with van der Waals surface area (Å²) in [6.07, 6.45) is 1.51. The van der Waals surface area contributed by atoms with Gasteiger partial charge >= 0.3 is 0 Å². The Morgan fingerprint density at radius 3 is 2.37 bits per heavy atom. The molecule has 1 saturated heterocycles. The monoisotopic (exact) mass is 410 g/mol. The first kappa shape index (κ1) is 21.3. The van der Waals surface area contributed by atoms with E-state index in [0.29, 0.717) is 17.7 Å². The molecule has 0 atom stereocenters. The molecule has 1 aliphatic rings. The average molecular weight is 410 g/mol. The highest BCUT2D eigenvalue weighted by molar-refractivity contribution is 5.99. The smallest absolute Gasteiger partial charge is 0.269 e. The summed E-state index contributed by atoms with van der Waals surface area (Å²) in [5, 5.41) is 13.8. The van der Waals surface area contributed by atoms with E-state index in [2.05, 4.69) is 10.2 Å². The molecule has 2 aromatic rings. The van der Waals surface area contributed by atoms with E-state index in [4.69, 9.17) is 0 Å². The van der Waals surface area contributed by atoms with Crippen LogP contribution in [0, 0.1) is 10.1 Å². The van der Waals surface area contributed by atoms with Gasteiger partial charge in [0.15, 0.2) is 0 Å². The molecule has 0 aromatic heterocycles. The van der Waals surface area contributed by atoms with Crippen LogP contribution in [0.1, 0.15) is 40.5 Å². The number of non-ortho nitro benzene ring substituents is 1. The molecule has 158 valence electrons. The number of benzene rings is 2. The third-order valence-electron chi connectivity index (χ3n) is 5.47. The molecule has 2 amide bonds. The Morgan fingerprint density at radius 1 is 1.13 bits per heavy atom. The lowest BCUT2D eigenvalue weighted by atomic mass is 10.0. The van der Waals surface area contributed by atoms with Gasteiger partial charge in [-0.05, 0) is 44.0 Å². The van der Waals surface area contributed by atoms with Gasteiger partial charge in [-0.1, -0.05) is 12.1 Å². The Kier molecular flexibility index (Phi) is 6.66. The van der Waals surface area contributed by atoms with Gasteiger partial charge in [-0.3, -0.25) is 19.7 Å². The zero-order chi connectivity index (χ0) is 21.7. The Bertz CT molecular complexity index is 921. The Balaban J connectivity index is 1.61. The molecule has 1 aliphatic heterocycles. The minimum absolute atomic E-state index is 0.00157. The Hall–Kier alpha value is -3.42. The molecular formula is C22H26N4O4. The maximum atomic E-state index is 12.7. The van der Waals surface area contributed by atoms with Gasteiger partial charge < -0.3 is 15.1 Å². The summed E-state index contributed by atoms with van der Waals surface area (Å²) >= 11 is 0. The van der Waals surface area contributed by atoms with Crippen molar-refractivity contribution >= 4 is 23.2 Å². The Morgan fingerprint density at radius 2 is 1.77 bits per heavy atom. The van der Waals surface area contributed by atoms with E-state index in [1.54, 1.807) is 11.9 Å². The fourth-order valence-electron chi connectivity index (χ4n) is 3.55. The number of nitro groups is 1. The second-order valence-electron chi connectivity index (χ2n) is 7.38. The molecule has 0 unspecified atom stereocenters. The summed E-state index contributed by atoms with van der Waals surface area (Å²) in [6, 6.07) is 13.2. The van der Waals surface area contributed by atoms with Crippen LogP contribution in [0.5, 0.6) is 0 Å². The predicted molar refractivity (Wildman–Crippen MR) is 115 cm³/mol. The van der Waals surface area contributed by atoms with Gasteiger partial charge in [-0.15, -0.1) is 0 Å². The molecule has 0 saturated carbocycles. The molecule has 0 spiro atoms. The molecule has 1 fully saturated rings. The summed E-state index contributed by atoms with van der Waals surface area (Å²) < 4.78 is 0. The minimum Gasteiger partial charge on any atom is -0.371 e. The molecule has 1 N–H and O–H groups in total. The minimum atomic E-state index is -0.488. The molecule has 1 heterocycles. The standard InChI is InChI=1S/C22H26N4O4/c1-3-24(2)22(28)19-6-4-5-7-20(19)25-14-12-17(13-15-25)23-21(27)16-8-10-18(11-9-16)26(29)30/h4-11,17H,3,12-15H2,1-2H3,(H,23,27). The van der Waals surface area contributed by atoms with E-state index in [1.165, 1.54) is 24.3 Å². The van der Waals surface area contributed by atoms with Crippen molar-refractivity contribution < 1.29 is 14.5 Å². The molecule has 0 bridgehead atoms. The zero-order valence-corrected chi connectivity index (χ0v) is 17.2. The van der Waals surface area contributed by atoms with Gasteiger partial charge in [-0.25, -0.2) is 0 Å². The van der Waals surface area contributed by atoms with Crippen LogP contribution in [-0.4, -0.2) is 54.4 Å². The number of carbonyl (C=O) groups is 2. The van der Waals surface area contributed by atoms with Gasteiger partial charge in [0.25, 0.3) is 17.5 Å². The number of rotatable bonds is 6. The van der Waals surface area contributed by atoms with Crippen molar-refractivity contribution in [2.75, 3.05) is 31.6 Å². The second kappa shape index (κ2) is 9.39. The topological polar surface area (TPSA) is 95.8 Å². The molecule has 8 nitrogen and oxygen atoms in total. The highest BCUT2D eigenvalue weighted by Gasteiger charge is 2.25. The van der Waals surface area contributed by atoms with Gasteiger partial charge in [0, 0.05) is 56.1 Å². The number of para-hydroxylation sites is 1. The van der Waals surface area contributed by atoms with E-state index < -0.39 is 4.92 Å². The zero-order valence-electron chi connectivity index (χ0n) is 17.2. The Labute approximate surface area is 175 Å². The van der Waals surface area contributed by atoms with Gasteiger partial charge in [0.1, 0.15) is 0 Å². The van der Waals surface area contributed by atoms with Crippen molar-refractivity contribution in [1.82, 2.24) is 10.2 Å². The van der Waals surface area contributed by atoms with Crippen LogP contribution in [-0.2, 0) is 0 Å². The highest BCUT2D eigenvalue weighted by Crippen LogP contribution is 2.25. The number of amides is 2. The maximum absolute atomic E-state index is 12.7. The van der Waals surface area contributed by atoms with Crippen molar-refractivity contribution in [3.05, 3.63) is 69.8 Å². The van der Waals surface area contributed by atoms with E-state index >= 15 is 0 Å². The molecule has 30 heavy (non-hydrogen) atoms. The largest absolute Gasteiger partial charge is 0.371 e. The van der Waals surface area contributed by atoms with Crippen LogP contribution in [0.25, 0.3) is 0 Å². The lowest BCUT2D eigenvalue weighted by Crippen LogP contribution is -2.45. The van der Waals surface area contributed by atoms with Crippen LogP contribution in [0.3, 0.4) is 0 Å². The van der Waals surface area contributed by atoms with E-state index in [1.807, 2.05) is 31.2 Å². The molecular weight excluding hydrogens is 384 g/mol. The lowest BCUT2D eigenvalue weighted by Gasteiger charge is -2.35. The summed E-state index contributed by atoms with van der Waals surface area (Å²) in [4.78, 5) is 39.3. The molecule has 2 aromatic carbocycles. The van der Waals surface area contributed by atoms with Crippen molar-refractivity contribution in [2.24, 2.45) is 0 Å². The van der Waals surface area contributed by atoms with Gasteiger partial charge in [0.05, 0.1) is 10.5 Å². The number of carbonyl (C=O) groups excluding carboxylic acids is 2. The first-order valence-corrected chi connectivity index (χ1v) is 10.1. The van der Waals surface area contributed by atoms with Gasteiger partial charge in [0.2, 0.25) is 0 Å². The summed E-state index contributed by atoms with van der Waals surface area (Å²) in [7, 11) is 1.79. The molecule has 8 heteroatoms. The number of hydrogen-bond donors (Lipinski definition) is 1. The van der Waals surface area contributed by atoms with Crippen LogP contribution < -0.4 is 10.2 Å². The van der Waals surface area contributed by atoms with Crippen molar-refractivity contribution in [3.8, 4) is 0 Å². The number of nitro benzene ring substituents is 1. The second-order valence-corrected chi connectivity index (χ2v) is 7.38. The molecule has 0 aliphatic carbocycles. The number of nitrogens with zero attached hydrogens (tertiary/aromatic N) is 3. The van der Waals surface area contributed by atoms with Crippen LogP contribution >= 0.6 is 0 Å². The number of nitrogens with one attached hydrogen (secondary N) is 1. The van der Waals surface area contributed by atoms with Crippen molar-refractivity contribution in [1.29, 1.82) is 0 Å². The summed E-state index contributed by atoms with van der Waals surface area (Å²) in [5.74, 6) is -0.231. The number of anilines is 1. The van der Waals surface area contributed by atoms with E-state index in [0.717, 1.165) is 31.6 Å². The van der Waals surface area contributed by atoms with Crippen LogP contribution in [0.2, 0.25) is 0 Å². The van der Waals surface area contributed by atoms with Crippen molar-refractivity contribution in [3.63, 3.8) is 0 Å². The van der Waals surface area contributed by atoms with Crippen LogP contribution in [0.15, 0.2) is 48.5 Å². The fourth-order valence-corrected chi connectivity index (χ4v) is 3.55. The summed E-state index contributed by atoms with van der Waals surface area (Å²) in [5.41, 5.74) is 1.97. The number of piperidine rings is 1. The van der Waals surface area contributed by atoms with Crippen LogP contribution in [0.4, 0.5) is 11.4 Å². The quantitative estimate of drug-likeness (QED) is 0.583. The first-order valence-electron chi connectivity index (χ1n) is 10.1. The SMILES string of the molecule is CCN(C)C(=O)c1ccccc1N1CCC(NC(=O)c2ccc([N+](=O)[O-])cc2)CC1. The predicted octanol–water partition coefficient (Wildman–Crippen LogP) is 3.09. The average Bonchev–Trinajstić information content (AvgIpc) is 2.78. The highest BCUT2D eigenvalue weighted by atomic mass is 16.6. The molecule has 0 radical (unpaired) electrons. The normalized spacial score (nSPS) is 14.3. The third-order valence-corrected chi connectivity index (χ3v) is 5.47. The van der Waals surface area contributed by atoms with E-state index in [9.17, 15) is 19.7 Å². The lowest BCUT2D eigenvalue weighted by molar-refractivity contribution is -0.384. The third kappa shape index (κ3) is 4.76.